The lowest BCUT2D eigenvalue weighted by Gasteiger charge is -2.47. The van der Waals surface area contributed by atoms with Crippen molar-refractivity contribution in [3.8, 4) is 6.07 Å². The predicted octanol–water partition coefficient (Wildman–Crippen LogP) is 1.72. The number of anilines is 1. The van der Waals surface area contributed by atoms with Gasteiger partial charge in [-0.05, 0) is 39.3 Å². The number of piperazine rings is 1. The molecule has 5 heteroatoms. The fraction of sp³-hybridized carbons (Fsp3) is 0.667. The van der Waals surface area contributed by atoms with Gasteiger partial charge in [-0.3, -0.25) is 4.90 Å². The highest BCUT2D eigenvalue weighted by Crippen LogP contribution is 2.26. The minimum Gasteiger partial charge on any atom is -0.335 e. The summed E-state index contributed by atoms with van der Waals surface area (Å²) in [4.78, 5) is 13.8. The maximum Gasteiger partial charge on any atom is 0.227 e. The zero-order chi connectivity index (χ0) is 14.1. The summed E-state index contributed by atoms with van der Waals surface area (Å²) in [6, 6.07) is 4.89. The summed E-state index contributed by atoms with van der Waals surface area (Å²) in [5, 5.41) is 9.07. The molecule has 20 heavy (non-hydrogen) atoms. The molecule has 0 N–H and O–H groups in total. The number of hydrogen-bond acceptors (Lipinski definition) is 5. The van der Waals surface area contributed by atoms with Crippen LogP contribution in [0.2, 0.25) is 0 Å². The molecule has 2 fully saturated rings. The van der Waals surface area contributed by atoms with Crippen LogP contribution >= 0.6 is 0 Å². The van der Waals surface area contributed by atoms with Gasteiger partial charge in [0.2, 0.25) is 5.95 Å². The Kier molecular flexibility index (Phi) is 3.58. The molecule has 3 rings (SSSR count). The van der Waals surface area contributed by atoms with Crippen LogP contribution in [0.4, 0.5) is 5.95 Å². The summed E-state index contributed by atoms with van der Waals surface area (Å²) in [6.45, 7) is 7.43. The number of nitriles is 1. The molecule has 0 radical (unpaired) electrons. The highest BCUT2D eigenvalue weighted by molar-refractivity contribution is 5.38. The standard InChI is InChI=1S/C15H21N5/c1-11-7-13(8-16)18-15(17-11)20-10-14-5-3-4-6-19(14)9-12(20)2/h7,12,14H,3-6,9-10H2,1-2H3. The summed E-state index contributed by atoms with van der Waals surface area (Å²) in [6.07, 6.45) is 3.91. The van der Waals surface area contributed by atoms with E-state index in [2.05, 4.69) is 32.8 Å². The van der Waals surface area contributed by atoms with Crippen LogP contribution in [0.1, 0.15) is 37.6 Å². The van der Waals surface area contributed by atoms with Crippen molar-refractivity contribution in [1.29, 1.82) is 5.26 Å². The fourth-order valence-electron chi connectivity index (χ4n) is 3.37. The number of aryl methyl sites for hydroxylation is 1. The zero-order valence-electron chi connectivity index (χ0n) is 12.2. The predicted molar refractivity (Wildman–Crippen MR) is 77.5 cm³/mol. The van der Waals surface area contributed by atoms with Crippen LogP contribution < -0.4 is 4.90 Å². The Morgan fingerprint density at radius 3 is 2.95 bits per heavy atom. The van der Waals surface area contributed by atoms with Gasteiger partial charge in [0.25, 0.3) is 0 Å². The van der Waals surface area contributed by atoms with Crippen molar-refractivity contribution in [2.24, 2.45) is 0 Å². The molecule has 0 bridgehead atoms. The normalized spacial score (nSPS) is 26.9. The van der Waals surface area contributed by atoms with Gasteiger partial charge in [-0.1, -0.05) is 6.42 Å². The molecule has 5 nitrogen and oxygen atoms in total. The van der Waals surface area contributed by atoms with Gasteiger partial charge >= 0.3 is 0 Å². The van der Waals surface area contributed by atoms with Crippen molar-refractivity contribution >= 4 is 5.95 Å². The van der Waals surface area contributed by atoms with Crippen molar-refractivity contribution in [3.63, 3.8) is 0 Å². The average molecular weight is 271 g/mol. The maximum atomic E-state index is 9.07. The van der Waals surface area contributed by atoms with Crippen molar-refractivity contribution in [1.82, 2.24) is 14.9 Å². The second-order valence-electron chi connectivity index (χ2n) is 5.95. The lowest BCUT2D eigenvalue weighted by molar-refractivity contribution is 0.115. The van der Waals surface area contributed by atoms with E-state index in [0.717, 1.165) is 24.7 Å². The average Bonchev–Trinajstić information content (AvgIpc) is 2.45. The monoisotopic (exact) mass is 271 g/mol. The summed E-state index contributed by atoms with van der Waals surface area (Å²) in [5.41, 5.74) is 1.33. The minimum absolute atomic E-state index is 0.401. The molecular formula is C15H21N5. The summed E-state index contributed by atoms with van der Waals surface area (Å²) >= 11 is 0. The molecule has 2 saturated heterocycles. The SMILES string of the molecule is Cc1cc(C#N)nc(N2CC3CCCCN3CC2C)n1. The number of fused-ring (bicyclic) bond motifs is 1. The van der Waals surface area contributed by atoms with E-state index in [4.69, 9.17) is 5.26 Å². The van der Waals surface area contributed by atoms with E-state index < -0.39 is 0 Å². The first-order valence-corrected chi connectivity index (χ1v) is 7.44. The van der Waals surface area contributed by atoms with E-state index in [1.807, 2.05) is 6.92 Å². The molecule has 106 valence electrons. The molecule has 1 aromatic heterocycles. The van der Waals surface area contributed by atoms with Crippen molar-refractivity contribution in [2.75, 3.05) is 24.5 Å². The number of hydrogen-bond donors (Lipinski definition) is 0. The van der Waals surface area contributed by atoms with Gasteiger partial charge in [0.1, 0.15) is 11.8 Å². The lowest BCUT2D eigenvalue weighted by atomic mass is 9.97. The largest absolute Gasteiger partial charge is 0.335 e. The molecule has 0 aromatic carbocycles. The molecule has 2 unspecified atom stereocenters. The quantitative estimate of drug-likeness (QED) is 0.778. The molecule has 0 saturated carbocycles. The minimum atomic E-state index is 0.401. The summed E-state index contributed by atoms with van der Waals surface area (Å²) < 4.78 is 0. The highest BCUT2D eigenvalue weighted by atomic mass is 15.4. The second-order valence-corrected chi connectivity index (χ2v) is 5.95. The first-order valence-electron chi connectivity index (χ1n) is 7.44. The number of nitrogens with zero attached hydrogens (tertiary/aromatic N) is 5. The molecule has 0 spiro atoms. The van der Waals surface area contributed by atoms with Crippen LogP contribution in [-0.2, 0) is 0 Å². The number of piperidine rings is 1. The van der Waals surface area contributed by atoms with E-state index in [-0.39, 0.29) is 0 Å². The lowest BCUT2D eigenvalue weighted by Crippen LogP contribution is -2.59. The van der Waals surface area contributed by atoms with E-state index in [1.165, 1.54) is 25.8 Å². The fourth-order valence-corrected chi connectivity index (χ4v) is 3.37. The summed E-state index contributed by atoms with van der Waals surface area (Å²) in [5.74, 6) is 0.722. The molecule has 1 aromatic rings. The third-order valence-corrected chi connectivity index (χ3v) is 4.40. The van der Waals surface area contributed by atoms with Crippen LogP contribution in [0, 0.1) is 18.3 Å². The van der Waals surface area contributed by atoms with Gasteiger partial charge in [-0.2, -0.15) is 5.26 Å². The first kappa shape index (κ1) is 13.3. The van der Waals surface area contributed by atoms with Crippen LogP contribution in [0.15, 0.2) is 6.07 Å². The third-order valence-electron chi connectivity index (χ3n) is 4.40. The van der Waals surface area contributed by atoms with Gasteiger partial charge < -0.3 is 4.90 Å². The van der Waals surface area contributed by atoms with Crippen LogP contribution in [-0.4, -0.2) is 46.6 Å². The van der Waals surface area contributed by atoms with Crippen molar-refractivity contribution in [2.45, 2.75) is 45.2 Å². The molecule has 2 aliphatic rings. The van der Waals surface area contributed by atoms with E-state index in [9.17, 15) is 0 Å². The molecule has 2 aliphatic heterocycles. The Morgan fingerprint density at radius 2 is 2.15 bits per heavy atom. The Labute approximate surface area is 120 Å². The van der Waals surface area contributed by atoms with E-state index in [0.29, 0.717) is 17.8 Å². The molecule has 0 amide bonds. The van der Waals surface area contributed by atoms with Gasteiger partial charge in [0.15, 0.2) is 0 Å². The zero-order valence-corrected chi connectivity index (χ0v) is 12.2. The van der Waals surface area contributed by atoms with Gasteiger partial charge in [-0.25, -0.2) is 9.97 Å². The Bertz CT molecular complexity index is 536. The molecule has 0 aliphatic carbocycles. The third kappa shape index (κ3) is 2.48. The molecular weight excluding hydrogens is 250 g/mol. The number of rotatable bonds is 1. The highest BCUT2D eigenvalue weighted by Gasteiger charge is 2.34. The topological polar surface area (TPSA) is 56.1 Å². The van der Waals surface area contributed by atoms with Crippen LogP contribution in [0.3, 0.4) is 0 Å². The van der Waals surface area contributed by atoms with E-state index in [1.54, 1.807) is 6.07 Å². The molecule has 2 atom stereocenters. The van der Waals surface area contributed by atoms with Gasteiger partial charge in [-0.15, -0.1) is 0 Å². The summed E-state index contributed by atoms with van der Waals surface area (Å²) in [7, 11) is 0. The van der Waals surface area contributed by atoms with Crippen LogP contribution in [0.25, 0.3) is 0 Å². The van der Waals surface area contributed by atoms with Crippen LogP contribution in [0.5, 0.6) is 0 Å². The van der Waals surface area contributed by atoms with Crippen molar-refractivity contribution in [3.05, 3.63) is 17.5 Å². The second kappa shape index (κ2) is 5.37. The molecule has 3 heterocycles. The Hall–Kier alpha value is -1.67. The Morgan fingerprint density at radius 1 is 1.30 bits per heavy atom. The Balaban J connectivity index is 1.86. The van der Waals surface area contributed by atoms with Crippen molar-refractivity contribution < 1.29 is 0 Å². The van der Waals surface area contributed by atoms with E-state index >= 15 is 0 Å². The van der Waals surface area contributed by atoms with Gasteiger partial charge in [0.05, 0.1) is 0 Å². The smallest absolute Gasteiger partial charge is 0.227 e. The van der Waals surface area contributed by atoms with Gasteiger partial charge in [0, 0.05) is 30.9 Å². The maximum absolute atomic E-state index is 9.07. The first-order chi connectivity index (χ1) is 9.67. The number of aromatic nitrogens is 2.